The van der Waals surface area contributed by atoms with Gasteiger partial charge >= 0.3 is 0 Å². The van der Waals surface area contributed by atoms with Crippen LogP contribution in [0.25, 0.3) is 0 Å². The molecule has 138 valence electrons. The summed E-state index contributed by atoms with van der Waals surface area (Å²) in [6.07, 6.45) is 0. The van der Waals surface area contributed by atoms with Crippen molar-refractivity contribution in [3.05, 3.63) is 59.7 Å². The van der Waals surface area contributed by atoms with E-state index in [0.717, 1.165) is 44.5 Å². The van der Waals surface area contributed by atoms with Crippen LogP contribution in [0, 0.1) is 11.6 Å². The fourth-order valence-corrected chi connectivity index (χ4v) is 3.22. The zero-order valence-electron chi connectivity index (χ0n) is 14.5. The van der Waals surface area contributed by atoms with Gasteiger partial charge in [0.2, 0.25) is 0 Å². The fraction of sp³-hybridized carbons (Fsp3) is 0.316. The van der Waals surface area contributed by atoms with Gasteiger partial charge in [-0.15, -0.1) is 0 Å². The zero-order chi connectivity index (χ0) is 18.5. The topological polar surface area (TPSA) is 27.7 Å². The zero-order valence-corrected chi connectivity index (χ0v) is 15.4. The van der Waals surface area contributed by atoms with Gasteiger partial charge in [0.05, 0.1) is 12.8 Å². The van der Waals surface area contributed by atoms with Gasteiger partial charge in [-0.1, -0.05) is 12.1 Å². The Morgan fingerprint density at radius 3 is 2.58 bits per heavy atom. The minimum absolute atomic E-state index is 0.190. The molecule has 1 aliphatic heterocycles. The Kier molecular flexibility index (Phi) is 6.00. The predicted octanol–water partition coefficient (Wildman–Crippen LogP) is 3.49. The van der Waals surface area contributed by atoms with E-state index in [1.807, 2.05) is 23.1 Å². The van der Waals surface area contributed by atoms with Crippen molar-refractivity contribution < 1.29 is 13.5 Å². The number of methoxy groups -OCH3 is 1. The average Bonchev–Trinajstić information content (AvgIpc) is 2.64. The highest BCUT2D eigenvalue weighted by molar-refractivity contribution is 7.80. The van der Waals surface area contributed by atoms with E-state index in [1.165, 1.54) is 17.7 Å². The highest BCUT2D eigenvalue weighted by Gasteiger charge is 2.20. The maximum atomic E-state index is 13.7. The Hall–Kier alpha value is -2.25. The summed E-state index contributed by atoms with van der Waals surface area (Å²) in [6.45, 7) is 4.05. The van der Waals surface area contributed by atoms with E-state index in [2.05, 4.69) is 16.3 Å². The van der Waals surface area contributed by atoms with Gasteiger partial charge in [-0.2, -0.15) is 0 Å². The minimum atomic E-state index is -0.649. The first kappa shape index (κ1) is 18.5. The summed E-state index contributed by atoms with van der Waals surface area (Å²) in [4.78, 5) is 4.34. The second-order valence-electron chi connectivity index (χ2n) is 6.17. The van der Waals surface area contributed by atoms with E-state index in [1.54, 1.807) is 7.11 Å². The smallest absolute Gasteiger partial charge is 0.173 e. The molecule has 1 saturated heterocycles. The first-order valence-corrected chi connectivity index (χ1v) is 8.82. The molecule has 0 atom stereocenters. The number of thiocarbonyl (C=S) groups is 1. The SMILES string of the molecule is COc1cccc(CN2CCN(C(=S)Nc3ccc(F)cc3F)CC2)c1. The van der Waals surface area contributed by atoms with Crippen molar-refractivity contribution in [1.82, 2.24) is 9.80 Å². The number of nitrogens with zero attached hydrogens (tertiary/aromatic N) is 2. The molecule has 7 heteroatoms. The Morgan fingerprint density at radius 1 is 1.12 bits per heavy atom. The second kappa shape index (κ2) is 8.42. The molecule has 0 saturated carbocycles. The largest absolute Gasteiger partial charge is 0.497 e. The molecule has 1 heterocycles. The van der Waals surface area contributed by atoms with Crippen molar-refractivity contribution in [2.75, 3.05) is 38.6 Å². The van der Waals surface area contributed by atoms with Gasteiger partial charge in [-0.3, -0.25) is 4.90 Å². The van der Waals surface area contributed by atoms with E-state index in [0.29, 0.717) is 5.11 Å². The van der Waals surface area contributed by atoms with Crippen molar-refractivity contribution in [3.8, 4) is 5.75 Å². The quantitative estimate of drug-likeness (QED) is 0.824. The Labute approximate surface area is 157 Å². The molecule has 0 radical (unpaired) electrons. The molecule has 0 bridgehead atoms. The van der Waals surface area contributed by atoms with Gasteiger partial charge in [-0.05, 0) is 42.0 Å². The number of nitrogens with one attached hydrogen (secondary N) is 1. The van der Waals surface area contributed by atoms with Crippen LogP contribution >= 0.6 is 12.2 Å². The van der Waals surface area contributed by atoms with E-state index in [9.17, 15) is 8.78 Å². The maximum Gasteiger partial charge on any atom is 0.173 e. The van der Waals surface area contributed by atoms with Crippen molar-refractivity contribution in [1.29, 1.82) is 0 Å². The van der Waals surface area contributed by atoms with E-state index >= 15 is 0 Å². The fourth-order valence-electron chi connectivity index (χ4n) is 2.92. The van der Waals surface area contributed by atoms with Gasteiger partial charge in [-0.25, -0.2) is 8.78 Å². The van der Waals surface area contributed by atoms with E-state index in [-0.39, 0.29) is 5.69 Å². The van der Waals surface area contributed by atoms with Crippen LogP contribution in [0.4, 0.5) is 14.5 Å². The normalized spacial score (nSPS) is 15.0. The molecule has 1 aliphatic rings. The molecular weight excluding hydrogens is 356 g/mol. The third kappa shape index (κ3) is 4.68. The van der Waals surface area contributed by atoms with Crippen molar-refractivity contribution in [3.63, 3.8) is 0 Å². The number of piperazine rings is 1. The summed E-state index contributed by atoms with van der Waals surface area (Å²) >= 11 is 5.37. The molecule has 26 heavy (non-hydrogen) atoms. The van der Waals surface area contributed by atoms with Gasteiger partial charge < -0.3 is 15.0 Å². The van der Waals surface area contributed by atoms with Crippen LogP contribution in [0.3, 0.4) is 0 Å². The van der Waals surface area contributed by atoms with Gasteiger partial charge in [0.25, 0.3) is 0 Å². The molecule has 0 unspecified atom stereocenters. The highest BCUT2D eigenvalue weighted by atomic mass is 32.1. The molecule has 4 nitrogen and oxygen atoms in total. The van der Waals surface area contributed by atoms with Crippen LogP contribution < -0.4 is 10.1 Å². The van der Waals surface area contributed by atoms with Crippen molar-refractivity contribution >= 4 is 23.0 Å². The molecule has 0 spiro atoms. The monoisotopic (exact) mass is 377 g/mol. The number of anilines is 1. The lowest BCUT2D eigenvalue weighted by Crippen LogP contribution is -2.49. The molecule has 0 aromatic heterocycles. The third-order valence-corrected chi connectivity index (χ3v) is 4.73. The molecule has 0 amide bonds. The number of benzene rings is 2. The van der Waals surface area contributed by atoms with Crippen molar-refractivity contribution in [2.45, 2.75) is 6.54 Å². The van der Waals surface area contributed by atoms with Crippen LogP contribution in [0.5, 0.6) is 5.75 Å². The lowest BCUT2D eigenvalue weighted by Gasteiger charge is -2.36. The predicted molar refractivity (Wildman–Crippen MR) is 102 cm³/mol. The number of ether oxygens (including phenoxy) is 1. The lowest BCUT2D eigenvalue weighted by molar-refractivity contribution is 0.177. The average molecular weight is 377 g/mol. The Bertz CT molecular complexity index is 779. The standard InChI is InChI=1S/C19H21F2N3OS/c1-25-16-4-2-3-14(11-16)13-23-7-9-24(10-8-23)19(26)22-18-6-5-15(20)12-17(18)21/h2-6,11-12H,7-10,13H2,1H3,(H,22,26). The summed E-state index contributed by atoms with van der Waals surface area (Å²) in [7, 11) is 1.66. The molecule has 0 aliphatic carbocycles. The Balaban J connectivity index is 1.52. The van der Waals surface area contributed by atoms with Gasteiger partial charge in [0.1, 0.15) is 17.4 Å². The molecule has 1 fully saturated rings. The minimum Gasteiger partial charge on any atom is -0.497 e. The van der Waals surface area contributed by atoms with E-state index in [4.69, 9.17) is 17.0 Å². The van der Waals surface area contributed by atoms with Crippen LogP contribution in [-0.4, -0.2) is 48.2 Å². The van der Waals surface area contributed by atoms with Crippen LogP contribution in [0.2, 0.25) is 0 Å². The van der Waals surface area contributed by atoms with Gasteiger partial charge in [0.15, 0.2) is 5.11 Å². The number of hydrogen-bond donors (Lipinski definition) is 1. The van der Waals surface area contributed by atoms with Crippen molar-refractivity contribution in [2.24, 2.45) is 0 Å². The molecule has 2 aromatic carbocycles. The first-order chi connectivity index (χ1) is 12.5. The molecule has 2 aromatic rings. The third-order valence-electron chi connectivity index (χ3n) is 4.37. The van der Waals surface area contributed by atoms with Crippen LogP contribution in [0.1, 0.15) is 5.56 Å². The van der Waals surface area contributed by atoms with Crippen LogP contribution in [-0.2, 0) is 6.54 Å². The summed E-state index contributed by atoms with van der Waals surface area (Å²) < 4.78 is 32.0. The number of hydrogen-bond acceptors (Lipinski definition) is 3. The van der Waals surface area contributed by atoms with Crippen LogP contribution in [0.15, 0.2) is 42.5 Å². The first-order valence-electron chi connectivity index (χ1n) is 8.41. The molecule has 1 N–H and O–H groups in total. The lowest BCUT2D eigenvalue weighted by atomic mass is 10.2. The maximum absolute atomic E-state index is 13.7. The summed E-state index contributed by atoms with van der Waals surface area (Å²) in [5.74, 6) is -0.401. The van der Waals surface area contributed by atoms with Gasteiger partial charge in [0, 0.05) is 38.8 Å². The summed E-state index contributed by atoms with van der Waals surface area (Å²) in [5.41, 5.74) is 1.39. The second-order valence-corrected chi connectivity index (χ2v) is 6.56. The Morgan fingerprint density at radius 2 is 1.88 bits per heavy atom. The number of rotatable bonds is 4. The van der Waals surface area contributed by atoms with E-state index < -0.39 is 11.6 Å². The highest BCUT2D eigenvalue weighted by Crippen LogP contribution is 2.18. The molecule has 3 rings (SSSR count). The number of halogens is 2. The molecular formula is C19H21F2N3OS. The summed E-state index contributed by atoms with van der Waals surface area (Å²) in [5, 5.41) is 3.32. The summed E-state index contributed by atoms with van der Waals surface area (Å²) in [6, 6.07) is 11.4.